The molecule has 128 valence electrons. The van der Waals surface area contributed by atoms with Crippen molar-refractivity contribution in [1.82, 2.24) is 10.2 Å². The first kappa shape index (κ1) is 18.8. The van der Waals surface area contributed by atoms with Crippen LogP contribution in [0.4, 0.5) is 0 Å². The molecule has 0 saturated carbocycles. The van der Waals surface area contributed by atoms with Gasteiger partial charge in [-0.1, -0.05) is 13.0 Å². The van der Waals surface area contributed by atoms with Gasteiger partial charge in [0, 0.05) is 19.5 Å². The van der Waals surface area contributed by atoms with Crippen molar-refractivity contribution >= 4 is 11.8 Å². The van der Waals surface area contributed by atoms with Crippen LogP contribution in [-0.4, -0.2) is 43.5 Å². The fourth-order valence-electron chi connectivity index (χ4n) is 2.20. The van der Waals surface area contributed by atoms with E-state index >= 15 is 0 Å². The summed E-state index contributed by atoms with van der Waals surface area (Å²) in [6.45, 7) is 5.84. The predicted molar refractivity (Wildman–Crippen MR) is 88.5 cm³/mol. The van der Waals surface area contributed by atoms with Crippen LogP contribution in [0.3, 0.4) is 0 Å². The molecule has 0 aliphatic carbocycles. The summed E-state index contributed by atoms with van der Waals surface area (Å²) in [5, 5.41) is 2.82. The Morgan fingerprint density at radius 2 is 1.87 bits per heavy atom. The van der Waals surface area contributed by atoms with Crippen LogP contribution < -0.4 is 14.8 Å². The van der Waals surface area contributed by atoms with E-state index in [0.29, 0.717) is 18.0 Å². The van der Waals surface area contributed by atoms with Gasteiger partial charge in [-0.05, 0) is 31.0 Å². The Labute approximate surface area is 137 Å². The first-order valence-electron chi connectivity index (χ1n) is 7.67. The van der Waals surface area contributed by atoms with E-state index in [0.717, 1.165) is 12.0 Å². The second-order valence-corrected chi connectivity index (χ2v) is 5.37. The molecule has 2 amide bonds. The van der Waals surface area contributed by atoms with Crippen LogP contribution in [0.2, 0.25) is 0 Å². The lowest BCUT2D eigenvalue weighted by atomic mass is 10.2. The Kier molecular flexibility index (Phi) is 7.38. The van der Waals surface area contributed by atoms with Crippen LogP contribution in [-0.2, 0) is 16.1 Å². The minimum atomic E-state index is -0.185. The smallest absolute Gasteiger partial charge is 0.239 e. The summed E-state index contributed by atoms with van der Waals surface area (Å²) in [5.41, 5.74) is 0.897. The van der Waals surface area contributed by atoms with Gasteiger partial charge >= 0.3 is 0 Å². The second kappa shape index (κ2) is 9.02. The maximum absolute atomic E-state index is 12.1. The molecule has 0 aromatic heterocycles. The molecule has 0 spiro atoms. The summed E-state index contributed by atoms with van der Waals surface area (Å²) >= 11 is 0. The number of rotatable bonds is 8. The lowest BCUT2D eigenvalue weighted by Gasteiger charge is -2.26. The van der Waals surface area contributed by atoms with Gasteiger partial charge in [-0.3, -0.25) is 9.59 Å². The molecule has 6 nitrogen and oxygen atoms in total. The number of nitrogens with one attached hydrogen (secondary N) is 1. The van der Waals surface area contributed by atoms with Crippen molar-refractivity contribution in [2.45, 2.75) is 39.8 Å². The number of hydrogen-bond acceptors (Lipinski definition) is 4. The normalized spacial score (nSPS) is 11.5. The summed E-state index contributed by atoms with van der Waals surface area (Å²) in [4.78, 5) is 25.3. The standard InChI is InChI=1S/C17H26N2O4/c1-6-12(2)19(13(3)20)11-17(21)18-10-14-7-8-15(22-4)16(9-14)23-5/h7-9,12H,6,10-11H2,1-5H3,(H,18,21). The number of ether oxygens (including phenoxy) is 2. The zero-order chi connectivity index (χ0) is 17.4. The third-order valence-corrected chi connectivity index (χ3v) is 3.78. The maximum Gasteiger partial charge on any atom is 0.239 e. The van der Waals surface area contributed by atoms with Crippen LogP contribution in [0.15, 0.2) is 18.2 Å². The number of carbonyl (C=O) groups excluding carboxylic acids is 2. The molecule has 0 fully saturated rings. The van der Waals surface area contributed by atoms with Crippen molar-refractivity contribution in [3.8, 4) is 11.5 Å². The monoisotopic (exact) mass is 322 g/mol. The highest BCUT2D eigenvalue weighted by Gasteiger charge is 2.18. The number of hydrogen-bond donors (Lipinski definition) is 1. The van der Waals surface area contributed by atoms with Gasteiger partial charge in [-0.15, -0.1) is 0 Å². The Bertz CT molecular complexity index is 545. The number of carbonyl (C=O) groups is 2. The maximum atomic E-state index is 12.1. The molecule has 1 aromatic carbocycles. The number of amides is 2. The van der Waals surface area contributed by atoms with Crippen molar-refractivity contribution in [2.75, 3.05) is 20.8 Å². The van der Waals surface area contributed by atoms with Crippen LogP contribution in [0, 0.1) is 0 Å². The first-order chi connectivity index (χ1) is 10.9. The lowest BCUT2D eigenvalue weighted by molar-refractivity contribution is -0.136. The van der Waals surface area contributed by atoms with Gasteiger partial charge < -0.3 is 19.7 Å². The van der Waals surface area contributed by atoms with E-state index in [9.17, 15) is 9.59 Å². The number of benzene rings is 1. The van der Waals surface area contributed by atoms with Crippen LogP contribution in [0.25, 0.3) is 0 Å². The number of nitrogens with zero attached hydrogens (tertiary/aromatic N) is 1. The molecular formula is C17H26N2O4. The van der Waals surface area contributed by atoms with Gasteiger partial charge in [0.1, 0.15) is 0 Å². The molecule has 0 saturated heterocycles. The van der Waals surface area contributed by atoms with Gasteiger partial charge in [0.25, 0.3) is 0 Å². The Morgan fingerprint density at radius 3 is 2.39 bits per heavy atom. The SMILES string of the molecule is CCC(C)N(CC(=O)NCc1ccc(OC)c(OC)c1)C(C)=O. The van der Waals surface area contributed by atoms with E-state index in [4.69, 9.17) is 9.47 Å². The highest BCUT2D eigenvalue weighted by Crippen LogP contribution is 2.27. The van der Waals surface area contributed by atoms with Crippen molar-refractivity contribution in [3.05, 3.63) is 23.8 Å². The average Bonchev–Trinajstić information content (AvgIpc) is 2.56. The molecule has 1 rings (SSSR count). The molecule has 1 aromatic rings. The van der Waals surface area contributed by atoms with Crippen molar-refractivity contribution in [2.24, 2.45) is 0 Å². The van der Waals surface area contributed by atoms with E-state index in [2.05, 4.69) is 5.32 Å². The van der Waals surface area contributed by atoms with E-state index in [1.807, 2.05) is 26.0 Å². The van der Waals surface area contributed by atoms with Crippen molar-refractivity contribution in [3.63, 3.8) is 0 Å². The molecule has 6 heteroatoms. The second-order valence-electron chi connectivity index (χ2n) is 5.37. The van der Waals surface area contributed by atoms with Crippen molar-refractivity contribution in [1.29, 1.82) is 0 Å². The summed E-state index contributed by atoms with van der Waals surface area (Å²) < 4.78 is 10.4. The van der Waals surface area contributed by atoms with Crippen molar-refractivity contribution < 1.29 is 19.1 Å². The van der Waals surface area contributed by atoms with Crippen LogP contribution in [0.1, 0.15) is 32.8 Å². The third-order valence-electron chi connectivity index (χ3n) is 3.78. The molecule has 0 radical (unpaired) electrons. The molecular weight excluding hydrogens is 296 g/mol. The Balaban J connectivity index is 2.63. The fraction of sp³-hybridized carbons (Fsp3) is 0.529. The zero-order valence-corrected chi connectivity index (χ0v) is 14.5. The molecule has 1 N–H and O–H groups in total. The van der Waals surface area contributed by atoms with E-state index in [1.165, 1.54) is 6.92 Å². The van der Waals surface area contributed by atoms with Gasteiger partial charge in [0.05, 0.1) is 20.8 Å². The molecule has 0 aliphatic rings. The molecule has 0 bridgehead atoms. The fourth-order valence-corrected chi connectivity index (χ4v) is 2.20. The highest BCUT2D eigenvalue weighted by atomic mass is 16.5. The van der Waals surface area contributed by atoms with Gasteiger partial charge in [-0.25, -0.2) is 0 Å². The van der Waals surface area contributed by atoms with Gasteiger partial charge in [0.15, 0.2) is 11.5 Å². The lowest BCUT2D eigenvalue weighted by Crippen LogP contribution is -2.44. The predicted octanol–water partition coefficient (Wildman–Crippen LogP) is 1.97. The molecule has 1 atom stereocenters. The molecule has 23 heavy (non-hydrogen) atoms. The summed E-state index contributed by atoms with van der Waals surface area (Å²) in [5.74, 6) is 0.974. The first-order valence-corrected chi connectivity index (χ1v) is 7.67. The minimum absolute atomic E-state index is 0.0410. The van der Waals surface area contributed by atoms with Gasteiger partial charge in [-0.2, -0.15) is 0 Å². The largest absolute Gasteiger partial charge is 0.493 e. The zero-order valence-electron chi connectivity index (χ0n) is 14.5. The number of methoxy groups -OCH3 is 2. The minimum Gasteiger partial charge on any atom is -0.493 e. The van der Waals surface area contributed by atoms with E-state index in [-0.39, 0.29) is 24.4 Å². The van der Waals surface area contributed by atoms with Crippen LogP contribution in [0.5, 0.6) is 11.5 Å². The Hall–Kier alpha value is -2.24. The molecule has 1 unspecified atom stereocenters. The summed E-state index contributed by atoms with van der Waals surface area (Å²) in [6, 6.07) is 5.51. The van der Waals surface area contributed by atoms with E-state index < -0.39 is 0 Å². The highest BCUT2D eigenvalue weighted by molar-refractivity contribution is 5.83. The van der Waals surface area contributed by atoms with Crippen LogP contribution >= 0.6 is 0 Å². The quantitative estimate of drug-likeness (QED) is 0.794. The third kappa shape index (κ3) is 5.47. The molecule has 0 heterocycles. The Morgan fingerprint density at radius 1 is 1.22 bits per heavy atom. The topological polar surface area (TPSA) is 67.9 Å². The molecule has 0 aliphatic heterocycles. The summed E-state index contributed by atoms with van der Waals surface area (Å²) in [6.07, 6.45) is 0.808. The average molecular weight is 322 g/mol. The van der Waals surface area contributed by atoms with E-state index in [1.54, 1.807) is 25.2 Å². The van der Waals surface area contributed by atoms with Gasteiger partial charge in [0.2, 0.25) is 11.8 Å². The summed E-state index contributed by atoms with van der Waals surface area (Å²) in [7, 11) is 3.14.